The fourth-order valence-electron chi connectivity index (χ4n) is 2.36. The molecular formula is C13H14FNO. The third-order valence-electron chi connectivity index (χ3n) is 3.26. The molecular weight excluding hydrogens is 205 g/mol. The Kier molecular flexibility index (Phi) is 2.40. The summed E-state index contributed by atoms with van der Waals surface area (Å²) in [7, 11) is 0. The number of fused-ring (bicyclic) bond motifs is 1. The number of rotatable bonds is 1. The molecule has 0 atom stereocenters. The Bertz CT molecular complexity index is 500. The SMILES string of the molecule is Fc1cccc2cc(C3CCNCC3)oc12. The number of furan rings is 1. The van der Waals surface area contributed by atoms with Crippen molar-refractivity contribution in [1.82, 2.24) is 5.32 Å². The Morgan fingerprint density at radius 2 is 2.06 bits per heavy atom. The fraction of sp³-hybridized carbons (Fsp3) is 0.385. The highest BCUT2D eigenvalue weighted by Gasteiger charge is 2.19. The van der Waals surface area contributed by atoms with E-state index in [4.69, 9.17) is 4.42 Å². The van der Waals surface area contributed by atoms with Crippen LogP contribution < -0.4 is 5.32 Å². The summed E-state index contributed by atoms with van der Waals surface area (Å²) >= 11 is 0. The van der Waals surface area contributed by atoms with Crippen LogP contribution in [0.1, 0.15) is 24.5 Å². The minimum absolute atomic E-state index is 0.266. The van der Waals surface area contributed by atoms with Gasteiger partial charge in [0.25, 0.3) is 0 Å². The molecule has 2 nitrogen and oxygen atoms in total. The minimum atomic E-state index is -0.266. The lowest BCUT2D eigenvalue weighted by Crippen LogP contribution is -2.26. The van der Waals surface area contributed by atoms with Crippen LogP contribution in [0.5, 0.6) is 0 Å². The molecule has 1 aliphatic heterocycles. The number of nitrogens with one attached hydrogen (secondary N) is 1. The number of hydrogen-bond donors (Lipinski definition) is 1. The van der Waals surface area contributed by atoms with Crippen LogP contribution in [0, 0.1) is 5.82 Å². The summed E-state index contributed by atoms with van der Waals surface area (Å²) in [6.45, 7) is 2.04. The average molecular weight is 219 g/mol. The quantitative estimate of drug-likeness (QED) is 0.797. The largest absolute Gasteiger partial charge is 0.458 e. The molecule has 0 bridgehead atoms. The van der Waals surface area contributed by atoms with Gasteiger partial charge in [0.05, 0.1) is 0 Å². The van der Waals surface area contributed by atoms with Gasteiger partial charge < -0.3 is 9.73 Å². The highest BCUT2D eigenvalue weighted by atomic mass is 19.1. The topological polar surface area (TPSA) is 25.2 Å². The van der Waals surface area contributed by atoms with Crippen molar-refractivity contribution >= 4 is 11.0 Å². The van der Waals surface area contributed by atoms with E-state index >= 15 is 0 Å². The minimum Gasteiger partial charge on any atom is -0.458 e. The molecule has 2 heterocycles. The predicted octanol–water partition coefficient (Wildman–Crippen LogP) is 3.04. The van der Waals surface area contributed by atoms with Gasteiger partial charge in [-0.2, -0.15) is 0 Å². The standard InChI is InChI=1S/C13H14FNO/c14-11-3-1-2-10-8-12(16-13(10)11)9-4-6-15-7-5-9/h1-3,8-9,15H,4-7H2. The normalized spacial score (nSPS) is 18.1. The van der Waals surface area contributed by atoms with Crippen LogP contribution in [0.2, 0.25) is 0 Å². The summed E-state index contributed by atoms with van der Waals surface area (Å²) in [5.74, 6) is 1.10. The molecule has 0 spiro atoms. The highest BCUT2D eigenvalue weighted by molar-refractivity contribution is 5.78. The van der Waals surface area contributed by atoms with Crippen LogP contribution in [-0.2, 0) is 0 Å². The third-order valence-corrected chi connectivity index (χ3v) is 3.26. The van der Waals surface area contributed by atoms with Crippen LogP contribution in [0.4, 0.5) is 4.39 Å². The van der Waals surface area contributed by atoms with E-state index < -0.39 is 0 Å². The van der Waals surface area contributed by atoms with Gasteiger partial charge >= 0.3 is 0 Å². The summed E-state index contributed by atoms with van der Waals surface area (Å²) in [5.41, 5.74) is 0.399. The monoisotopic (exact) mass is 219 g/mol. The van der Waals surface area contributed by atoms with Gasteiger partial charge in [0, 0.05) is 11.3 Å². The Hall–Kier alpha value is -1.35. The van der Waals surface area contributed by atoms with E-state index in [0.717, 1.165) is 37.1 Å². The predicted molar refractivity (Wildman–Crippen MR) is 61.0 cm³/mol. The molecule has 0 saturated carbocycles. The van der Waals surface area contributed by atoms with Gasteiger partial charge in [-0.15, -0.1) is 0 Å². The Morgan fingerprint density at radius 3 is 2.81 bits per heavy atom. The molecule has 1 aliphatic rings. The summed E-state index contributed by atoms with van der Waals surface area (Å²) in [6, 6.07) is 7.04. The number of hydrogen-bond acceptors (Lipinski definition) is 2. The van der Waals surface area contributed by atoms with Crippen molar-refractivity contribution in [3.05, 3.63) is 35.8 Å². The van der Waals surface area contributed by atoms with Crippen molar-refractivity contribution in [2.45, 2.75) is 18.8 Å². The number of piperidine rings is 1. The van der Waals surface area contributed by atoms with E-state index in [1.54, 1.807) is 6.07 Å². The van der Waals surface area contributed by atoms with Crippen molar-refractivity contribution in [2.75, 3.05) is 13.1 Å². The van der Waals surface area contributed by atoms with Gasteiger partial charge in [0.15, 0.2) is 11.4 Å². The first-order valence-corrected chi connectivity index (χ1v) is 5.73. The molecule has 3 heteroatoms. The van der Waals surface area contributed by atoms with Crippen molar-refractivity contribution in [3.63, 3.8) is 0 Å². The van der Waals surface area contributed by atoms with E-state index in [1.165, 1.54) is 6.07 Å². The van der Waals surface area contributed by atoms with E-state index in [1.807, 2.05) is 12.1 Å². The zero-order valence-electron chi connectivity index (χ0n) is 9.00. The lowest BCUT2D eigenvalue weighted by molar-refractivity contribution is 0.394. The molecule has 1 saturated heterocycles. The van der Waals surface area contributed by atoms with Gasteiger partial charge in [0.1, 0.15) is 5.76 Å². The zero-order chi connectivity index (χ0) is 11.0. The first-order valence-electron chi connectivity index (χ1n) is 5.73. The van der Waals surface area contributed by atoms with Crippen LogP contribution in [0.15, 0.2) is 28.7 Å². The van der Waals surface area contributed by atoms with Crippen molar-refractivity contribution < 1.29 is 8.81 Å². The Labute approximate surface area is 93.4 Å². The summed E-state index contributed by atoms with van der Waals surface area (Å²) < 4.78 is 19.1. The first-order chi connectivity index (χ1) is 7.84. The van der Waals surface area contributed by atoms with Crippen molar-refractivity contribution in [2.24, 2.45) is 0 Å². The highest BCUT2D eigenvalue weighted by Crippen LogP contribution is 2.31. The molecule has 1 aromatic carbocycles. The second-order valence-electron chi connectivity index (χ2n) is 4.33. The smallest absolute Gasteiger partial charge is 0.169 e. The van der Waals surface area contributed by atoms with Crippen LogP contribution >= 0.6 is 0 Å². The van der Waals surface area contributed by atoms with Gasteiger partial charge in [0.2, 0.25) is 0 Å². The molecule has 0 radical (unpaired) electrons. The van der Waals surface area contributed by atoms with E-state index in [0.29, 0.717) is 11.5 Å². The second kappa shape index (κ2) is 3.91. The van der Waals surface area contributed by atoms with Crippen LogP contribution in [0.25, 0.3) is 11.0 Å². The van der Waals surface area contributed by atoms with E-state index in [2.05, 4.69) is 5.32 Å². The first kappa shape index (κ1) is 9.85. The van der Waals surface area contributed by atoms with Gasteiger partial charge in [-0.1, -0.05) is 12.1 Å². The molecule has 1 N–H and O–H groups in total. The third kappa shape index (κ3) is 1.61. The van der Waals surface area contributed by atoms with Crippen LogP contribution in [0.3, 0.4) is 0 Å². The maximum atomic E-state index is 13.5. The summed E-state index contributed by atoms with van der Waals surface area (Å²) in [6.07, 6.45) is 2.14. The summed E-state index contributed by atoms with van der Waals surface area (Å²) in [4.78, 5) is 0. The molecule has 1 aromatic heterocycles. The molecule has 1 fully saturated rings. The van der Waals surface area contributed by atoms with Gasteiger partial charge in [-0.3, -0.25) is 0 Å². The summed E-state index contributed by atoms with van der Waals surface area (Å²) in [5, 5.41) is 4.18. The lowest BCUT2D eigenvalue weighted by Gasteiger charge is -2.20. The number of benzene rings is 1. The maximum Gasteiger partial charge on any atom is 0.169 e. The Morgan fingerprint density at radius 1 is 1.25 bits per heavy atom. The number of para-hydroxylation sites is 1. The van der Waals surface area contributed by atoms with Crippen LogP contribution in [-0.4, -0.2) is 13.1 Å². The van der Waals surface area contributed by atoms with Gasteiger partial charge in [-0.05, 0) is 38.1 Å². The maximum absolute atomic E-state index is 13.5. The fourth-order valence-corrected chi connectivity index (χ4v) is 2.36. The van der Waals surface area contributed by atoms with Crippen molar-refractivity contribution in [3.8, 4) is 0 Å². The van der Waals surface area contributed by atoms with Gasteiger partial charge in [-0.25, -0.2) is 4.39 Å². The van der Waals surface area contributed by atoms with E-state index in [-0.39, 0.29) is 5.82 Å². The molecule has 16 heavy (non-hydrogen) atoms. The van der Waals surface area contributed by atoms with Crippen molar-refractivity contribution in [1.29, 1.82) is 0 Å². The second-order valence-corrected chi connectivity index (χ2v) is 4.33. The molecule has 0 amide bonds. The Balaban J connectivity index is 2.01. The average Bonchev–Trinajstić information content (AvgIpc) is 2.76. The molecule has 84 valence electrons. The number of halogens is 1. The lowest BCUT2D eigenvalue weighted by atomic mass is 9.95. The zero-order valence-corrected chi connectivity index (χ0v) is 9.00. The molecule has 0 aliphatic carbocycles. The molecule has 2 aromatic rings. The molecule has 0 unspecified atom stereocenters. The molecule has 3 rings (SSSR count). The van der Waals surface area contributed by atoms with E-state index in [9.17, 15) is 4.39 Å².